The van der Waals surface area contributed by atoms with Gasteiger partial charge in [-0.05, 0) is 42.5 Å². The highest BCUT2D eigenvalue weighted by molar-refractivity contribution is 5.92. The summed E-state index contributed by atoms with van der Waals surface area (Å²) in [5.74, 6) is 1.23. The van der Waals surface area contributed by atoms with Gasteiger partial charge >= 0.3 is 0 Å². The first-order valence-corrected chi connectivity index (χ1v) is 9.39. The number of methoxy groups -OCH3 is 2. The summed E-state index contributed by atoms with van der Waals surface area (Å²) in [6, 6.07) is 3.95. The van der Waals surface area contributed by atoms with Crippen LogP contribution in [0.2, 0.25) is 0 Å². The Morgan fingerprint density at radius 1 is 1.15 bits per heavy atom. The zero-order valence-electron chi connectivity index (χ0n) is 15.8. The Bertz CT molecular complexity index is 689. The van der Waals surface area contributed by atoms with Crippen LogP contribution in [0.15, 0.2) is 12.1 Å². The number of unbranched alkanes of at least 4 members (excludes halogenated alkanes) is 1. The lowest BCUT2D eigenvalue weighted by Crippen LogP contribution is -2.38. The van der Waals surface area contributed by atoms with Crippen molar-refractivity contribution in [1.82, 2.24) is 10.2 Å². The molecule has 1 aromatic carbocycles. The Balaban J connectivity index is 1.61. The molecule has 2 amide bonds. The molecule has 1 saturated carbocycles. The summed E-state index contributed by atoms with van der Waals surface area (Å²) in [5.41, 5.74) is 2.28. The molecule has 0 saturated heterocycles. The maximum Gasteiger partial charge on any atom is 0.226 e. The maximum absolute atomic E-state index is 12.8. The molecular weight excluding hydrogens is 332 g/mol. The molecule has 26 heavy (non-hydrogen) atoms. The van der Waals surface area contributed by atoms with Crippen molar-refractivity contribution in [1.29, 1.82) is 0 Å². The monoisotopic (exact) mass is 360 g/mol. The van der Waals surface area contributed by atoms with Crippen molar-refractivity contribution in [2.24, 2.45) is 11.8 Å². The zero-order valence-corrected chi connectivity index (χ0v) is 15.8. The van der Waals surface area contributed by atoms with Gasteiger partial charge in [0.15, 0.2) is 11.5 Å². The van der Waals surface area contributed by atoms with Crippen LogP contribution in [0.1, 0.15) is 37.3 Å². The number of hydrogen-bond acceptors (Lipinski definition) is 4. The van der Waals surface area contributed by atoms with E-state index < -0.39 is 0 Å². The van der Waals surface area contributed by atoms with Crippen LogP contribution < -0.4 is 14.8 Å². The number of amides is 2. The van der Waals surface area contributed by atoms with Crippen molar-refractivity contribution in [2.75, 3.05) is 27.3 Å². The minimum Gasteiger partial charge on any atom is -0.493 e. The van der Waals surface area contributed by atoms with Gasteiger partial charge < -0.3 is 19.7 Å². The molecule has 2 unspecified atom stereocenters. The van der Waals surface area contributed by atoms with Gasteiger partial charge in [-0.3, -0.25) is 9.59 Å². The number of fused-ring (bicyclic) bond motifs is 1. The molecule has 2 atom stereocenters. The molecule has 6 nitrogen and oxygen atoms in total. The van der Waals surface area contributed by atoms with Gasteiger partial charge in [0.05, 0.1) is 26.1 Å². The molecule has 0 radical (unpaired) electrons. The molecule has 1 aromatic rings. The highest BCUT2D eigenvalue weighted by atomic mass is 16.5. The zero-order chi connectivity index (χ0) is 18.7. The standard InChI is InChI=1S/C20H28N2O4/c1-4-5-7-21-19(23)15-11-16(15)20(24)22-8-6-13-9-17(25-2)18(26-3)10-14(13)12-22/h9-10,15-16H,4-8,11-12H2,1-3H3,(H,21,23). The third-order valence-corrected chi connectivity index (χ3v) is 5.30. The van der Waals surface area contributed by atoms with Gasteiger partial charge in [-0.2, -0.15) is 0 Å². The quantitative estimate of drug-likeness (QED) is 0.757. The third-order valence-electron chi connectivity index (χ3n) is 5.30. The molecule has 2 aliphatic rings. The number of benzene rings is 1. The smallest absolute Gasteiger partial charge is 0.226 e. The molecule has 1 heterocycles. The largest absolute Gasteiger partial charge is 0.493 e. The fourth-order valence-electron chi connectivity index (χ4n) is 3.58. The molecule has 0 aromatic heterocycles. The number of nitrogens with one attached hydrogen (secondary N) is 1. The first-order valence-electron chi connectivity index (χ1n) is 9.39. The number of ether oxygens (including phenoxy) is 2. The van der Waals surface area contributed by atoms with E-state index in [4.69, 9.17) is 9.47 Å². The first kappa shape index (κ1) is 18.5. The van der Waals surface area contributed by atoms with Gasteiger partial charge in [-0.25, -0.2) is 0 Å². The van der Waals surface area contributed by atoms with Gasteiger partial charge in [0, 0.05) is 19.6 Å². The lowest BCUT2D eigenvalue weighted by Gasteiger charge is -2.30. The van der Waals surface area contributed by atoms with Crippen molar-refractivity contribution in [3.63, 3.8) is 0 Å². The van der Waals surface area contributed by atoms with Crippen LogP contribution in [-0.4, -0.2) is 44.0 Å². The van der Waals surface area contributed by atoms with Gasteiger partial charge in [0.25, 0.3) is 0 Å². The molecule has 0 spiro atoms. The molecule has 0 bridgehead atoms. The van der Waals surface area contributed by atoms with Crippen LogP contribution in [-0.2, 0) is 22.6 Å². The van der Waals surface area contributed by atoms with Gasteiger partial charge in [-0.1, -0.05) is 13.3 Å². The predicted molar refractivity (Wildman–Crippen MR) is 98.2 cm³/mol. The van der Waals surface area contributed by atoms with Crippen LogP contribution in [0.25, 0.3) is 0 Å². The lowest BCUT2D eigenvalue weighted by molar-refractivity contribution is -0.135. The fourth-order valence-corrected chi connectivity index (χ4v) is 3.58. The Hall–Kier alpha value is -2.24. The van der Waals surface area contributed by atoms with Crippen molar-refractivity contribution in [2.45, 2.75) is 39.2 Å². The second-order valence-electron chi connectivity index (χ2n) is 7.08. The summed E-state index contributed by atoms with van der Waals surface area (Å²) in [7, 11) is 3.24. The number of nitrogens with zero attached hydrogens (tertiary/aromatic N) is 1. The van der Waals surface area contributed by atoms with Crippen molar-refractivity contribution < 1.29 is 19.1 Å². The van der Waals surface area contributed by atoms with E-state index in [1.807, 2.05) is 17.0 Å². The summed E-state index contributed by atoms with van der Waals surface area (Å²) in [5, 5.41) is 2.94. The highest BCUT2D eigenvalue weighted by Gasteiger charge is 2.49. The van der Waals surface area contributed by atoms with E-state index in [1.54, 1.807) is 14.2 Å². The van der Waals surface area contributed by atoms with E-state index in [0.29, 0.717) is 31.8 Å². The average molecular weight is 360 g/mol. The maximum atomic E-state index is 12.8. The third kappa shape index (κ3) is 3.79. The highest BCUT2D eigenvalue weighted by Crippen LogP contribution is 2.41. The van der Waals surface area contributed by atoms with E-state index >= 15 is 0 Å². The fraction of sp³-hybridized carbons (Fsp3) is 0.600. The molecule has 1 aliphatic carbocycles. The topological polar surface area (TPSA) is 67.9 Å². The van der Waals surface area contributed by atoms with Crippen molar-refractivity contribution in [3.8, 4) is 11.5 Å². The van der Waals surface area contributed by atoms with E-state index in [0.717, 1.165) is 30.6 Å². The van der Waals surface area contributed by atoms with E-state index in [-0.39, 0.29) is 23.7 Å². The molecule has 3 rings (SSSR count). The number of carbonyl (C=O) groups excluding carboxylic acids is 2. The molecular formula is C20H28N2O4. The van der Waals surface area contributed by atoms with Crippen molar-refractivity contribution in [3.05, 3.63) is 23.3 Å². The van der Waals surface area contributed by atoms with Gasteiger partial charge in [0.2, 0.25) is 11.8 Å². The summed E-state index contributed by atoms with van der Waals surface area (Å²) in [4.78, 5) is 26.8. The Morgan fingerprint density at radius 3 is 2.50 bits per heavy atom. The van der Waals surface area contributed by atoms with E-state index in [2.05, 4.69) is 12.2 Å². The number of carbonyl (C=O) groups is 2. The normalized spacial score (nSPS) is 21.0. The average Bonchev–Trinajstić information content (AvgIpc) is 3.46. The lowest BCUT2D eigenvalue weighted by atomic mass is 9.98. The second kappa shape index (κ2) is 7.98. The second-order valence-corrected chi connectivity index (χ2v) is 7.08. The Labute approximate surface area is 154 Å². The van der Waals surface area contributed by atoms with Crippen LogP contribution in [0.5, 0.6) is 11.5 Å². The minimum atomic E-state index is -0.154. The predicted octanol–water partition coefficient (Wildman–Crippen LogP) is 2.14. The molecule has 1 N–H and O–H groups in total. The van der Waals surface area contributed by atoms with Crippen molar-refractivity contribution >= 4 is 11.8 Å². The van der Waals surface area contributed by atoms with Crippen LogP contribution in [0, 0.1) is 11.8 Å². The molecule has 1 aliphatic heterocycles. The summed E-state index contributed by atoms with van der Waals surface area (Å²) in [6.07, 6.45) is 3.49. The van der Waals surface area contributed by atoms with Crippen LogP contribution >= 0.6 is 0 Å². The Morgan fingerprint density at radius 2 is 1.85 bits per heavy atom. The first-order chi connectivity index (χ1) is 12.6. The summed E-state index contributed by atoms with van der Waals surface area (Å²) < 4.78 is 10.7. The molecule has 6 heteroatoms. The van der Waals surface area contributed by atoms with Gasteiger partial charge in [-0.15, -0.1) is 0 Å². The van der Waals surface area contributed by atoms with E-state index in [9.17, 15) is 9.59 Å². The van der Waals surface area contributed by atoms with Crippen LogP contribution in [0.3, 0.4) is 0 Å². The summed E-state index contributed by atoms with van der Waals surface area (Å²) in [6.45, 7) is 4.04. The van der Waals surface area contributed by atoms with Gasteiger partial charge in [0.1, 0.15) is 0 Å². The summed E-state index contributed by atoms with van der Waals surface area (Å²) >= 11 is 0. The SMILES string of the molecule is CCCCNC(=O)C1CC1C(=O)N1CCc2cc(OC)c(OC)cc2C1. The number of hydrogen-bond donors (Lipinski definition) is 1. The number of rotatable bonds is 7. The van der Waals surface area contributed by atoms with E-state index in [1.165, 1.54) is 5.56 Å². The minimum absolute atomic E-state index is 0.0283. The van der Waals surface area contributed by atoms with Crippen LogP contribution in [0.4, 0.5) is 0 Å². The molecule has 1 fully saturated rings. The molecule has 142 valence electrons. The Kier molecular flexibility index (Phi) is 5.69.